The Labute approximate surface area is 358 Å². The lowest BCUT2D eigenvalue weighted by Gasteiger charge is -2.37. The van der Waals surface area contributed by atoms with Gasteiger partial charge in [0.05, 0.1) is 22.6 Å². The van der Waals surface area contributed by atoms with Crippen molar-refractivity contribution in [1.29, 1.82) is 0 Å². The number of imide groups is 2. The number of carbonyl (C=O) groups is 5. The first kappa shape index (κ1) is 41.9. The Bertz CT molecular complexity index is 2700. The molecule has 3 aliphatic rings. The Hall–Kier alpha value is -6.78. The molecular weight excluding hydrogens is 815 g/mol. The fourth-order valence-electron chi connectivity index (χ4n) is 8.03. The van der Waals surface area contributed by atoms with Crippen LogP contribution in [-0.2, 0) is 24.2 Å². The lowest BCUT2D eigenvalue weighted by molar-refractivity contribution is -0.136. The van der Waals surface area contributed by atoms with E-state index >= 15 is 0 Å². The average molecular weight is 860 g/mol. The number of fused-ring (bicyclic) bond motifs is 2. The van der Waals surface area contributed by atoms with Gasteiger partial charge in [-0.1, -0.05) is 25.1 Å². The summed E-state index contributed by atoms with van der Waals surface area (Å²) in [7, 11) is -3.37. The highest BCUT2D eigenvalue weighted by molar-refractivity contribution is 7.90. The van der Waals surface area contributed by atoms with Crippen LogP contribution in [-0.4, -0.2) is 122 Å². The first-order valence-corrected chi connectivity index (χ1v) is 22.2. The van der Waals surface area contributed by atoms with Crippen LogP contribution < -0.4 is 19.7 Å². The van der Waals surface area contributed by atoms with E-state index in [0.717, 1.165) is 32.5 Å². The number of phenols is 1. The van der Waals surface area contributed by atoms with E-state index in [2.05, 4.69) is 10.2 Å². The molecule has 8 rings (SSSR count). The third kappa shape index (κ3) is 8.69. The maximum Gasteiger partial charge on any atom is 0.262 e. The van der Waals surface area contributed by atoms with E-state index in [9.17, 15) is 37.5 Å². The summed E-state index contributed by atoms with van der Waals surface area (Å²) in [5.74, 6) is -0.353. The molecule has 2 N–H and O–H groups in total. The number of likely N-dealkylation sites (N-methyl/N-ethyl adjacent to an activating group) is 1. The van der Waals surface area contributed by atoms with Crippen LogP contribution in [0, 0.1) is 0 Å². The summed E-state index contributed by atoms with van der Waals surface area (Å²) in [5.41, 5.74) is 2.69. The highest BCUT2D eigenvalue weighted by atomic mass is 32.2. The molecule has 5 amide bonds. The third-order valence-corrected chi connectivity index (χ3v) is 12.6. The van der Waals surface area contributed by atoms with Crippen LogP contribution >= 0.6 is 0 Å². The number of aromatic hydroxyl groups is 1. The topological polar surface area (TPSA) is 183 Å². The van der Waals surface area contributed by atoms with E-state index in [1.807, 2.05) is 28.9 Å². The quantitative estimate of drug-likeness (QED) is 0.154. The number of ether oxygens (including phenoxy) is 2. The molecule has 0 aromatic heterocycles. The van der Waals surface area contributed by atoms with Crippen molar-refractivity contribution >= 4 is 55.8 Å². The SMILES string of the molecule is CCN(CCOc1ccc(Oc2c(-c3ccc(S(C)(=O)=O)cc3)ccc3cc(O)ccc23)cc1)CC(=O)N1CCN(c2ccc3c(c2)C(=O)N(C2CCC(=O)NC2=O)C3=O)CC1. The van der Waals surface area contributed by atoms with Crippen LogP contribution in [0.3, 0.4) is 0 Å². The van der Waals surface area contributed by atoms with Crippen molar-refractivity contribution in [3.05, 3.63) is 108 Å². The van der Waals surface area contributed by atoms with Crippen molar-refractivity contribution < 1.29 is 47.0 Å². The summed E-state index contributed by atoms with van der Waals surface area (Å²) in [6, 6.07) is 26.6. The normalized spacial score (nSPS) is 16.8. The minimum absolute atomic E-state index is 0.00281. The Morgan fingerprint density at radius 1 is 0.823 bits per heavy atom. The summed E-state index contributed by atoms with van der Waals surface area (Å²) < 4.78 is 36.7. The van der Waals surface area contributed by atoms with Crippen molar-refractivity contribution in [3.8, 4) is 34.1 Å². The molecule has 2 saturated heterocycles. The van der Waals surface area contributed by atoms with Gasteiger partial charge in [-0.05, 0) is 103 Å². The van der Waals surface area contributed by atoms with E-state index < -0.39 is 39.5 Å². The van der Waals surface area contributed by atoms with Gasteiger partial charge in [-0.2, -0.15) is 0 Å². The number of nitrogens with one attached hydrogen (secondary N) is 1. The summed E-state index contributed by atoms with van der Waals surface area (Å²) in [6.45, 7) is 5.73. The predicted molar refractivity (Wildman–Crippen MR) is 230 cm³/mol. The molecule has 15 nitrogen and oxygen atoms in total. The van der Waals surface area contributed by atoms with Gasteiger partial charge >= 0.3 is 0 Å². The molecule has 3 aliphatic heterocycles. The second-order valence-electron chi connectivity index (χ2n) is 15.5. The lowest BCUT2D eigenvalue weighted by atomic mass is 9.99. The first-order chi connectivity index (χ1) is 29.8. The molecule has 0 aliphatic carbocycles. The number of amides is 5. The Kier molecular flexibility index (Phi) is 11.7. The van der Waals surface area contributed by atoms with Crippen LogP contribution in [0.1, 0.15) is 40.5 Å². The Morgan fingerprint density at radius 3 is 2.21 bits per heavy atom. The highest BCUT2D eigenvalue weighted by Gasteiger charge is 2.45. The van der Waals surface area contributed by atoms with Crippen molar-refractivity contribution in [2.75, 3.05) is 63.6 Å². The number of hydrogen-bond donors (Lipinski definition) is 2. The third-order valence-electron chi connectivity index (χ3n) is 11.5. The average Bonchev–Trinajstić information content (AvgIpc) is 3.51. The van der Waals surface area contributed by atoms with Crippen LogP contribution in [0.2, 0.25) is 0 Å². The zero-order valence-corrected chi connectivity index (χ0v) is 35.0. The Morgan fingerprint density at radius 2 is 1.52 bits per heavy atom. The summed E-state index contributed by atoms with van der Waals surface area (Å²) in [6.07, 6.45) is 1.31. The molecular formula is C46H45N5O10S. The molecule has 16 heteroatoms. The van der Waals surface area contributed by atoms with Gasteiger partial charge in [0, 0.05) is 62.0 Å². The van der Waals surface area contributed by atoms with Gasteiger partial charge in [-0.15, -0.1) is 0 Å². The van der Waals surface area contributed by atoms with Gasteiger partial charge in [0.25, 0.3) is 11.8 Å². The number of sulfone groups is 1. The molecule has 0 saturated carbocycles. The van der Waals surface area contributed by atoms with Crippen molar-refractivity contribution in [3.63, 3.8) is 0 Å². The molecule has 5 aromatic rings. The van der Waals surface area contributed by atoms with Gasteiger partial charge in [-0.3, -0.25) is 39.1 Å². The zero-order chi connectivity index (χ0) is 43.7. The maximum absolute atomic E-state index is 13.4. The van der Waals surface area contributed by atoms with Crippen molar-refractivity contribution in [2.24, 2.45) is 0 Å². The number of carbonyl (C=O) groups excluding carboxylic acids is 5. The number of piperazine rings is 1. The minimum Gasteiger partial charge on any atom is -0.508 e. The monoisotopic (exact) mass is 859 g/mol. The molecule has 3 heterocycles. The van der Waals surface area contributed by atoms with Crippen LogP contribution in [0.4, 0.5) is 5.69 Å². The fourth-order valence-corrected chi connectivity index (χ4v) is 8.66. The summed E-state index contributed by atoms with van der Waals surface area (Å²) >= 11 is 0. The van der Waals surface area contributed by atoms with Gasteiger partial charge in [0.1, 0.15) is 35.6 Å². The number of nitrogens with zero attached hydrogens (tertiary/aromatic N) is 4. The smallest absolute Gasteiger partial charge is 0.262 e. The van der Waals surface area contributed by atoms with Gasteiger partial charge in [0.2, 0.25) is 17.7 Å². The van der Waals surface area contributed by atoms with Crippen LogP contribution in [0.25, 0.3) is 21.9 Å². The fraction of sp³-hybridized carbons (Fsp3) is 0.283. The van der Waals surface area contributed by atoms with Crippen molar-refractivity contribution in [1.82, 2.24) is 20.0 Å². The van der Waals surface area contributed by atoms with Gasteiger partial charge < -0.3 is 24.4 Å². The number of phenolic OH excluding ortho intramolecular Hbond substituents is 1. The standard InChI is InChI=1S/C46H45N5O10S/c1-3-48(28-42(54)50-22-20-49(21-23-50)31-7-16-38-39(27-31)46(57)51(45(38)56)40-18-19-41(53)47-44(40)55)24-25-60-33-9-11-34(12-10-33)61-43-36(15-6-30-26-32(52)8-17-37(30)43)29-4-13-35(14-5-29)62(2,58)59/h4-17,26-27,40,52H,3,18-25,28H2,1-2H3,(H,47,53,55). The highest BCUT2D eigenvalue weighted by Crippen LogP contribution is 2.41. The van der Waals surface area contributed by atoms with Crippen LogP contribution in [0.5, 0.6) is 23.0 Å². The van der Waals surface area contributed by atoms with Crippen molar-refractivity contribution in [2.45, 2.75) is 30.7 Å². The summed E-state index contributed by atoms with van der Waals surface area (Å²) in [4.78, 5) is 71.0. The van der Waals surface area contributed by atoms with E-state index in [1.54, 1.807) is 84.9 Å². The van der Waals surface area contributed by atoms with E-state index in [0.29, 0.717) is 63.1 Å². The maximum atomic E-state index is 13.4. The Balaban J connectivity index is 0.836. The van der Waals surface area contributed by atoms with E-state index in [-0.39, 0.29) is 47.1 Å². The molecule has 0 radical (unpaired) electrons. The second-order valence-corrected chi connectivity index (χ2v) is 17.5. The minimum atomic E-state index is -3.37. The molecule has 2 fully saturated rings. The van der Waals surface area contributed by atoms with Crippen LogP contribution in [0.15, 0.2) is 102 Å². The molecule has 5 aromatic carbocycles. The molecule has 1 unspecified atom stereocenters. The molecule has 62 heavy (non-hydrogen) atoms. The molecule has 320 valence electrons. The number of anilines is 1. The zero-order valence-electron chi connectivity index (χ0n) is 34.2. The number of piperidine rings is 1. The summed E-state index contributed by atoms with van der Waals surface area (Å²) in [5, 5.41) is 13.9. The number of rotatable bonds is 13. The van der Waals surface area contributed by atoms with E-state index in [4.69, 9.17) is 9.47 Å². The second kappa shape index (κ2) is 17.3. The molecule has 0 bridgehead atoms. The number of hydrogen-bond acceptors (Lipinski definition) is 12. The predicted octanol–water partition coefficient (Wildman–Crippen LogP) is 4.86. The van der Waals surface area contributed by atoms with E-state index in [1.165, 1.54) is 6.26 Å². The van der Waals surface area contributed by atoms with Gasteiger partial charge in [-0.25, -0.2) is 8.42 Å². The molecule has 0 spiro atoms. The first-order valence-electron chi connectivity index (χ1n) is 20.3. The van der Waals surface area contributed by atoms with Gasteiger partial charge in [0.15, 0.2) is 9.84 Å². The number of benzene rings is 5. The molecule has 1 atom stereocenters. The lowest BCUT2D eigenvalue weighted by Crippen LogP contribution is -2.54. The largest absolute Gasteiger partial charge is 0.508 e.